The number of non-ortho nitro benzene ring substituents is 1. The van der Waals surface area contributed by atoms with Gasteiger partial charge in [0.2, 0.25) is 0 Å². The molecule has 1 amide bonds. The first-order chi connectivity index (χ1) is 11.1. The molecule has 0 aliphatic rings. The van der Waals surface area contributed by atoms with Crippen molar-refractivity contribution < 1.29 is 9.72 Å². The number of amides is 1. The van der Waals surface area contributed by atoms with Crippen molar-refractivity contribution in [1.29, 1.82) is 0 Å². The Balaban J connectivity index is 1.71. The van der Waals surface area contributed by atoms with E-state index in [4.69, 9.17) is 0 Å². The third kappa shape index (κ3) is 3.21. The number of nitro groups is 1. The van der Waals surface area contributed by atoms with Crippen LogP contribution < -0.4 is 5.32 Å². The van der Waals surface area contributed by atoms with E-state index in [1.165, 1.54) is 30.6 Å². The Hall–Kier alpha value is -3.55. The van der Waals surface area contributed by atoms with Crippen LogP contribution in [-0.4, -0.2) is 25.6 Å². The van der Waals surface area contributed by atoms with Crippen molar-refractivity contribution in [3.8, 4) is 5.69 Å². The lowest BCUT2D eigenvalue weighted by molar-refractivity contribution is -0.384. The average Bonchev–Trinajstić information content (AvgIpc) is 3.10. The van der Waals surface area contributed by atoms with Crippen LogP contribution in [0.4, 0.5) is 11.4 Å². The first-order valence-electron chi connectivity index (χ1n) is 6.64. The van der Waals surface area contributed by atoms with Crippen LogP contribution in [0.15, 0.2) is 61.2 Å². The van der Waals surface area contributed by atoms with E-state index < -0.39 is 4.92 Å². The summed E-state index contributed by atoms with van der Waals surface area (Å²) in [5.41, 5.74) is 1.71. The van der Waals surface area contributed by atoms with Crippen LogP contribution in [0, 0.1) is 10.1 Å². The summed E-state index contributed by atoms with van der Waals surface area (Å²) in [6, 6.07) is 12.5. The molecule has 0 saturated carbocycles. The molecule has 0 bridgehead atoms. The molecule has 1 N–H and O–H groups in total. The van der Waals surface area contributed by atoms with Crippen LogP contribution in [0.25, 0.3) is 5.69 Å². The monoisotopic (exact) mass is 309 g/mol. The van der Waals surface area contributed by atoms with Gasteiger partial charge in [-0.25, -0.2) is 9.67 Å². The zero-order valence-electron chi connectivity index (χ0n) is 11.8. The van der Waals surface area contributed by atoms with Crippen LogP contribution in [0.2, 0.25) is 0 Å². The topological polar surface area (TPSA) is 103 Å². The predicted octanol–water partition coefficient (Wildman–Crippen LogP) is 2.43. The fraction of sp³-hybridized carbons (Fsp3) is 0. The molecule has 0 radical (unpaired) electrons. The Morgan fingerprint density at radius 3 is 2.35 bits per heavy atom. The van der Waals surface area contributed by atoms with Crippen molar-refractivity contribution in [2.75, 3.05) is 5.32 Å². The van der Waals surface area contributed by atoms with E-state index in [-0.39, 0.29) is 11.6 Å². The summed E-state index contributed by atoms with van der Waals surface area (Å²) in [5.74, 6) is -0.339. The summed E-state index contributed by atoms with van der Waals surface area (Å²) in [5, 5.41) is 17.3. The number of anilines is 1. The van der Waals surface area contributed by atoms with Crippen LogP contribution in [0.1, 0.15) is 10.4 Å². The van der Waals surface area contributed by atoms with E-state index in [1.807, 2.05) is 0 Å². The van der Waals surface area contributed by atoms with Crippen molar-refractivity contribution in [3.05, 3.63) is 76.9 Å². The van der Waals surface area contributed by atoms with E-state index in [9.17, 15) is 14.9 Å². The highest BCUT2D eigenvalue weighted by Crippen LogP contribution is 2.15. The number of carbonyl (C=O) groups is 1. The molecule has 8 heteroatoms. The molecule has 114 valence electrons. The number of carbonyl (C=O) groups excluding carboxylic acids is 1. The van der Waals surface area contributed by atoms with Gasteiger partial charge < -0.3 is 5.32 Å². The van der Waals surface area contributed by atoms with E-state index in [0.29, 0.717) is 11.3 Å². The molecule has 0 saturated heterocycles. The fourth-order valence-corrected chi connectivity index (χ4v) is 1.98. The number of aromatic nitrogens is 3. The van der Waals surface area contributed by atoms with Gasteiger partial charge in [0.05, 0.1) is 10.6 Å². The van der Waals surface area contributed by atoms with E-state index in [0.717, 1.165) is 5.69 Å². The van der Waals surface area contributed by atoms with Gasteiger partial charge in [0.25, 0.3) is 11.6 Å². The lowest BCUT2D eigenvalue weighted by Crippen LogP contribution is -2.11. The van der Waals surface area contributed by atoms with E-state index >= 15 is 0 Å². The molecule has 0 aliphatic heterocycles. The molecule has 3 rings (SSSR count). The maximum Gasteiger partial charge on any atom is 0.269 e. The third-order valence-electron chi connectivity index (χ3n) is 3.15. The first kappa shape index (κ1) is 14.4. The van der Waals surface area contributed by atoms with Crippen molar-refractivity contribution >= 4 is 17.3 Å². The molecule has 0 aliphatic carbocycles. The Kier molecular flexibility index (Phi) is 3.79. The molecule has 1 heterocycles. The van der Waals surface area contributed by atoms with Gasteiger partial charge in [0.1, 0.15) is 12.7 Å². The SMILES string of the molecule is O=C(Nc1ccc(-n2cncn2)cc1)c1ccc([N+](=O)[O-])cc1. The predicted molar refractivity (Wildman–Crippen MR) is 82.4 cm³/mol. The molecule has 0 spiro atoms. The molecule has 1 aromatic heterocycles. The maximum atomic E-state index is 12.1. The maximum absolute atomic E-state index is 12.1. The van der Waals surface area contributed by atoms with Gasteiger partial charge >= 0.3 is 0 Å². The highest BCUT2D eigenvalue weighted by atomic mass is 16.6. The van der Waals surface area contributed by atoms with Gasteiger partial charge in [0.15, 0.2) is 0 Å². The van der Waals surface area contributed by atoms with Crippen LogP contribution in [0.3, 0.4) is 0 Å². The lowest BCUT2D eigenvalue weighted by atomic mass is 10.2. The molecule has 23 heavy (non-hydrogen) atoms. The van der Waals surface area contributed by atoms with Gasteiger partial charge in [-0.05, 0) is 36.4 Å². The number of benzene rings is 2. The molecular weight excluding hydrogens is 298 g/mol. The summed E-state index contributed by atoms with van der Waals surface area (Å²) < 4.78 is 1.60. The zero-order valence-corrected chi connectivity index (χ0v) is 11.8. The van der Waals surface area contributed by atoms with Gasteiger partial charge in [0, 0.05) is 23.4 Å². The summed E-state index contributed by atoms with van der Waals surface area (Å²) in [6.07, 6.45) is 3.01. The number of nitrogens with zero attached hydrogens (tertiary/aromatic N) is 4. The van der Waals surface area contributed by atoms with Crippen molar-refractivity contribution in [3.63, 3.8) is 0 Å². The molecule has 0 fully saturated rings. The molecule has 0 atom stereocenters. The summed E-state index contributed by atoms with van der Waals surface area (Å²) in [6.45, 7) is 0. The van der Waals surface area contributed by atoms with Crippen LogP contribution >= 0.6 is 0 Å². The van der Waals surface area contributed by atoms with E-state index in [1.54, 1.807) is 35.3 Å². The Morgan fingerprint density at radius 2 is 1.78 bits per heavy atom. The normalized spacial score (nSPS) is 10.3. The second-order valence-corrected chi connectivity index (χ2v) is 4.65. The molecule has 0 unspecified atom stereocenters. The smallest absolute Gasteiger partial charge is 0.269 e. The quantitative estimate of drug-likeness (QED) is 0.589. The molecule has 2 aromatic carbocycles. The van der Waals surface area contributed by atoms with Gasteiger partial charge in [-0.1, -0.05) is 0 Å². The minimum Gasteiger partial charge on any atom is -0.322 e. The van der Waals surface area contributed by atoms with Gasteiger partial charge in [-0.2, -0.15) is 5.10 Å². The Morgan fingerprint density at radius 1 is 1.09 bits per heavy atom. The third-order valence-corrected chi connectivity index (χ3v) is 3.15. The molecular formula is C15H11N5O3. The van der Waals surface area contributed by atoms with Gasteiger partial charge in [-0.3, -0.25) is 14.9 Å². The van der Waals surface area contributed by atoms with Gasteiger partial charge in [-0.15, -0.1) is 0 Å². The highest BCUT2D eigenvalue weighted by Gasteiger charge is 2.09. The average molecular weight is 309 g/mol. The van der Waals surface area contributed by atoms with Crippen molar-refractivity contribution in [2.24, 2.45) is 0 Å². The Bertz CT molecular complexity index is 827. The standard InChI is InChI=1S/C15H11N5O3/c21-15(11-1-5-14(6-2-11)20(22)23)18-12-3-7-13(8-4-12)19-10-16-9-17-19/h1-10H,(H,18,21). The van der Waals surface area contributed by atoms with Crippen molar-refractivity contribution in [2.45, 2.75) is 0 Å². The zero-order chi connectivity index (χ0) is 16.2. The largest absolute Gasteiger partial charge is 0.322 e. The fourth-order valence-electron chi connectivity index (χ4n) is 1.98. The minimum atomic E-state index is -0.509. The number of hydrogen-bond donors (Lipinski definition) is 1. The van der Waals surface area contributed by atoms with Crippen LogP contribution in [-0.2, 0) is 0 Å². The minimum absolute atomic E-state index is 0.0567. The van der Waals surface area contributed by atoms with Crippen molar-refractivity contribution in [1.82, 2.24) is 14.8 Å². The number of rotatable bonds is 4. The molecule has 3 aromatic rings. The summed E-state index contributed by atoms with van der Waals surface area (Å²) >= 11 is 0. The number of nitrogens with one attached hydrogen (secondary N) is 1. The summed E-state index contributed by atoms with van der Waals surface area (Å²) in [4.78, 5) is 26.0. The summed E-state index contributed by atoms with van der Waals surface area (Å²) in [7, 11) is 0. The highest BCUT2D eigenvalue weighted by molar-refractivity contribution is 6.04. The second kappa shape index (κ2) is 6.06. The first-order valence-corrected chi connectivity index (χ1v) is 6.64. The lowest BCUT2D eigenvalue weighted by Gasteiger charge is -2.06. The van der Waals surface area contributed by atoms with Crippen LogP contribution in [0.5, 0.6) is 0 Å². The number of hydrogen-bond acceptors (Lipinski definition) is 5. The second-order valence-electron chi connectivity index (χ2n) is 4.65. The van der Waals surface area contributed by atoms with E-state index in [2.05, 4.69) is 15.4 Å². The molecule has 8 nitrogen and oxygen atoms in total. The number of nitro benzene ring substituents is 1. The Labute approximate surface area is 130 Å².